The molecule has 5 nitrogen and oxygen atoms in total. The van der Waals surface area contributed by atoms with Gasteiger partial charge in [0.1, 0.15) is 16.5 Å². The quantitative estimate of drug-likeness (QED) is 0.393. The van der Waals surface area contributed by atoms with Gasteiger partial charge in [0.05, 0.1) is 17.0 Å². The molecule has 0 bridgehead atoms. The Morgan fingerprint density at radius 2 is 2.00 bits per heavy atom. The molecule has 0 N–H and O–H groups in total. The van der Waals surface area contributed by atoms with Gasteiger partial charge in [0.2, 0.25) is 5.91 Å². The van der Waals surface area contributed by atoms with Gasteiger partial charge in [-0.3, -0.25) is 4.79 Å². The van der Waals surface area contributed by atoms with Gasteiger partial charge >= 0.3 is 0 Å². The molecule has 0 aliphatic carbocycles. The normalized spacial score (nSPS) is 10.9. The predicted octanol–water partition coefficient (Wildman–Crippen LogP) is 5.16. The molecule has 4 rings (SSSR count). The summed E-state index contributed by atoms with van der Waals surface area (Å²) in [5, 5.41) is 9.12. The first-order chi connectivity index (χ1) is 14.2. The molecule has 0 radical (unpaired) electrons. The Labute approximate surface area is 177 Å². The van der Waals surface area contributed by atoms with Gasteiger partial charge in [0, 0.05) is 37.0 Å². The molecule has 4 aromatic rings. The third kappa shape index (κ3) is 4.99. The maximum atomic E-state index is 12.5. The summed E-state index contributed by atoms with van der Waals surface area (Å²) in [7, 11) is 1.84. The highest BCUT2D eigenvalue weighted by Gasteiger charge is 2.14. The Morgan fingerprint density at radius 1 is 1.14 bits per heavy atom. The fourth-order valence-electron chi connectivity index (χ4n) is 2.98. The van der Waals surface area contributed by atoms with Crippen LogP contribution in [0.3, 0.4) is 0 Å². The minimum atomic E-state index is 0.0792. The molecule has 3 heterocycles. The second-order valence-corrected chi connectivity index (χ2v) is 8.57. The average Bonchev–Trinajstić information content (AvgIpc) is 3.50. The standard InChI is InChI=1S/C22H21N3O2S2/c1-25(21(26)13-17-15-29-22(23-17)20-10-6-12-28-20)11-5-9-18-14-19(24-27-18)16-7-3-2-4-8-16/h2-4,6-8,10,12,14-15H,5,9,11,13H2,1H3. The molecule has 0 aliphatic heterocycles. The SMILES string of the molecule is CN(CCCc1cc(-c2ccccc2)no1)C(=O)Cc1csc(-c2cccs2)n1. The molecular formula is C22H21N3O2S2. The van der Waals surface area contributed by atoms with Gasteiger partial charge in [0.15, 0.2) is 0 Å². The molecular weight excluding hydrogens is 402 g/mol. The van der Waals surface area contributed by atoms with Crippen molar-refractivity contribution in [2.45, 2.75) is 19.3 Å². The van der Waals surface area contributed by atoms with Gasteiger partial charge in [-0.15, -0.1) is 22.7 Å². The van der Waals surface area contributed by atoms with E-state index in [2.05, 4.69) is 10.1 Å². The fourth-order valence-corrected chi connectivity index (χ4v) is 4.62. The number of aromatic nitrogens is 2. The number of carbonyl (C=O) groups is 1. The summed E-state index contributed by atoms with van der Waals surface area (Å²) in [5.41, 5.74) is 2.72. The van der Waals surface area contributed by atoms with Crippen LogP contribution in [0.1, 0.15) is 17.9 Å². The molecule has 1 amide bonds. The van der Waals surface area contributed by atoms with E-state index in [1.54, 1.807) is 27.6 Å². The van der Waals surface area contributed by atoms with E-state index in [0.717, 1.165) is 45.4 Å². The summed E-state index contributed by atoms with van der Waals surface area (Å²) >= 11 is 3.25. The minimum absolute atomic E-state index is 0.0792. The van der Waals surface area contributed by atoms with Gasteiger partial charge in [-0.25, -0.2) is 4.98 Å². The number of thiazole rings is 1. The van der Waals surface area contributed by atoms with Gasteiger partial charge in [-0.1, -0.05) is 41.6 Å². The number of likely N-dealkylation sites (N-methyl/N-ethyl adjacent to an activating group) is 1. The van der Waals surface area contributed by atoms with E-state index in [4.69, 9.17) is 4.52 Å². The number of hydrogen-bond donors (Lipinski definition) is 0. The smallest absolute Gasteiger partial charge is 0.228 e. The number of nitrogens with zero attached hydrogens (tertiary/aromatic N) is 3. The Bertz CT molecular complexity index is 1050. The van der Waals surface area contributed by atoms with Crippen LogP contribution >= 0.6 is 22.7 Å². The monoisotopic (exact) mass is 423 g/mol. The summed E-state index contributed by atoms with van der Waals surface area (Å²) in [4.78, 5) is 20.0. The summed E-state index contributed by atoms with van der Waals surface area (Å²) in [6.07, 6.45) is 1.90. The van der Waals surface area contributed by atoms with Crippen molar-refractivity contribution in [2.24, 2.45) is 0 Å². The zero-order valence-corrected chi connectivity index (χ0v) is 17.7. The summed E-state index contributed by atoms with van der Waals surface area (Å²) in [5.74, 6) is 0.917. The number of rotatable bonds is 8. The van der Waals surface area contributed by atoms with Gasteiger partial charge in [-0.2, -0.15) is 0 Å². The average molecular weight is 424 g/mol. The third-order valence-corrected chi connectivity index (χ3v) is 6.52. The third-order valence-electron chi connectivity index (χ3n) is 4.59. The number of carbonyl (C=O) groups excluding carboxylic acids is 1. The molecule has 0 aliphatic rings. The largest absolute Gasteiger partial charge is 0.361 e. The molecule has 0 atom stereocenters. The molecule has 0 spiro atoms. The van der Waals surface area contributed by atoms with Crippen LogP contribution in [-0.2, 0) is 17.6 Å². The Balaban J connectivity index is 1.25. The molecule has 0 saturated heterocycles. The molecule has 0 unspecified atom stereocenters. The van der Waals surface area contributed by atoms with E-state index in [1.807, 2.05) is 66.3 Å². The van der Waals surface area contributed by atoms with Crippen LogP contribution in [0.15, 0.2) is 63.8 Å². The summed E-state index contributed by atoms with van der Waals surface area (Å²) in [6.45, 7) is 0.669. The number of aryl methyl sites for hydroxylation is 1. The predicted molar refractivity (Wildman–Crippen MR) is 117 cm³/mol. The van der Waals surface area contributed by atoms with E-state index in [-0.39, 0.29) is 5.91 Å². The number of benzene rings is 1. The van der Waals surface area contributed by atoms with Crippen molar-refractivity contribution in [3.05, 3.63) is 70.7 Å². The maximum absolute atomic E-state index is 12.5. The van der Waals surface area contributed by atoms with Crippen LogP contribution in [0.2, 0.25) is 0 Å². The second kappa shape index (κ2) is 9.15. The van der Waals surface area contributed by atoms with Gasteiger partial charge in [-0.05, 0) is 17.9 Å². The maximum Gasteiger partial charge on any atom is 0.228 e. The van der Waals surface area contributed by atoms with Crippen molar-refractivity contribution >= 4 is 28.6 Å². The first-order valence-corrected chi connectivity index (χ1v) is 11.2. The number of amides is 1. The fraction of sp³-hybridized carbons (Fsp3) is 0.227. The Hall–Kier alpha value is -2.77. The van der Waals surface area contributed by atoms with Crippen LogP contribution in [0.5, 0.6) is 0 Å². The van der Waals surface area contributed by atoms with Crippen molar-refractivity contribution in [1.29, 1.82) is 0 Å². The number of hydrogen-bond acceptors (Lipinski definition) is 6. The van der Waals surface area contributed by atoms with E-state index < -0.39 is 0 Å². The summed E-state index contributed by atoms with van der Waals surface area (Å²) in [6, 6.07) is 16.0. The molecule has 7 heteroatoms. The van der Waals surface area contributed by atoms with E-state index in [0.29, 0.717) is 13.0 Å². The topological polar surface area (TPSA) is 59.2 Å². The number of thiophene rings is 1. The zero-order chi connectivity index (χ0) is 20.1. The van der Waals surface area contributed by atoms with Crippen LogP contribution in [0, 0.1) is 0 Å². The van der Waals surface area contributed by atoms with Gasteiger partial charge < -0.3 is 9.42 Å². The van der Waals surface area contributed by atoms with Crippen LogP contribution in [0.25, 0.3) is 21.1 Å². The van der Waals surface area contributed by atoms with Crippen LogP contribution in [0.4, 0.5) is 0 Å². The van der Waals surface area contributed by atoms with Crippen LogP contribution < -0.4 is 0 Å². The van der Waals surface area contributed by atoms with E-state index in [1.165, 1.54) is 0 Å². The lowest BCUT2D eigenvalue weighted by Crippen LogP contribution is -2.29. The molecule has 29 heavy (non-hydrogen) atoms. The lowest BCUT2D eigenvalue weighted by atomic mass is 10.1. The van der Waals surface area contributed by atoms with E-state index >= 15 is 0 Å². The van der Waals surface area contributed by atoms with Crippen molar-refractivity contribution in [3.63, 3.8) is 0 Å². The minimum Gasteiger partial charge on any atom is -0.361 e. The van der Waals surface area contributed by atoms with Crippen molar-refractivity contribution < 1.29 is 9.32 Å². The first kappa shape index (κ1) is 19.5. The van der Waals surface area contributed by atoms with E-state index in [9.17, 15) is 4.79 Å². The second-order valence-electron chi connectivity index (χ2n) is 6.76. The molecule has 1 aromatic carbocycles. The molecule has 3 aromatic heterocycles. The lowest BCUT2D eigenvalue weighted by molar-refractivity contribution is -0.129. The van der Waals surface area contributed by atoms with Crippen molar-refractivity contribution in [1.82, 2.24) is 15.0 Å². The van der Waals surface area contributed by atoms with Crippen LogP contribution in [-0.4, -0.2) is 34.5 Å². The molecule has 0 saturated carbocycles. The Morgan fingerprint density at radius 3 is 2.79 bits per heavy atom. The van der Waals surface area contributed by atoms with Gasteiger partial charge in [0.25, 0.3) is 0 Å². The first-order valence-electron chi connectivity index (χ1n) is 9.42. The molecule has 0 fully saturated rings. The summed E-state index contributed by atoms with van der Waals surface area (Å²) < 4.78 is 5.43. The zero-order valence-electron chi connectivity index (χ0n) is 16.1. The lowest BCUT2D eigenvalue weighted by Gasteiger charge is -2.16. The Kier molecular flexibility index (Phi) is 6.17. The highest BCUT2D eigenvalue weighted by atomic mass is 32.1. The highest BCUT2D eigenvalue weighted by Crippen LogP contribution is 2.28. The molecule has 148 valence electrons. The van der Waals surface area contributed by atoms with Crippen molar-refractivity contribution in [2.75, 3.05) is 13.6 Å². The highest BCUT2D eigenvalue weighted by molar-refractivity contribution is 7.20. The van der Waals surface area contributed by atoms with Crippen molar-refractivity contribution in [3.8, 4) is 21.1 Å².